The van der Waals surface area contributed by atoms with Crippen LogP contribution in [0.3, 0.4) is 0 Å². The van der Waals surface area contributed by atoms with Crippen LogP contribution in [0.25, 0.3) is 17.1 Å². The number of rotatable bonds is 4. The molecule has 0 radical (unpaired) electrons. The summed E-state index contributed by atoms with van der Waals surface area (Å²) in [5.74, 6) is -0.504. The van der Waals surface area contributed by atoms with E-state index in [1.165, 1.54) is 11.1 Å². The number of carboxylic acid groups (broad SMARTS) is 1. The summed E-state index contributed by atoms with van der Waals surface area (Å²) in [6.07, 6.45) is 7.13. The van der Waals surface area contributed by atoms with Gasteiger partial charge in [-0.1, -0.05) is 13.8 Å². The summed E-state index contributed by atoms with van der Waals surface area (Å²) in [5, 5.41) is 9.23. The minimum Gasteiger partial charge on any atom is -0.478 e. The molecule has 124 valence electrons. The largest absolute Gasteiger partial charge is 0.478 e. The van der Waals surface area contributed by atoms with Gasteiger partial charge in [-0.05, 0) is 31.9 Å². The number of carbonyl (C=O) groups is 1. The average Bonchev–Trinajstić information content (AvgIpc) is 2.99. The van der Waals surface area contributed by atoms with E-state index < -0.39 is 5.97 Å². The number of thiazole rings is 1. The molecule has 0 saturated carbocycles. The Balaban J connectivity index is 2.00. The fourth-order valence-corrected chi connectivity index (χ4v) is 3.41. The molecule has 7 heteroatoms. The van der Waals surface area contributed by atoms with E-state index in [4.69, 9.17) is 0 Å². The molecule has 0 aliphatic carbocycles. The Hall–Kier alpha value is -2.54. The summed E-state index contributed by atoms with van der Waals surface area (Å²) in [5.41, 5.74) is 2.60. The smallest absolute Gasteiger partial charge is 0.339 e. The van der Waals surface area contributed by atoms with Crippen molar-refractivity contribution in [3.8, 4) is 0 Å². The molecule has 0 saturated heterocycles. The van der Waals surface area contributed by atoms with Crippen molar-refractivity contribution in [2.24, 2.45) is 0 Å². The van der Waals surface area contributed by atoms with Gasteiger partial charge < -0.3 is 5.11 Å². The molecule has 24 heavy (non-hydrogen) atoms. The standard InChI is InChI=1S/C17H18N4O2S/c1-9(2)15-12(16(22)23)7-18-14(20-15)6-5-13-11(4)19-17-21(13)8-10(3)24-17/h5-9H,1-4H3,(H,22,23). The van der Waals surface area contributed by atoms with E-state index in [-0.39, 0.29) is 11.5 Å². The van der Waals surface area contributed by atoms with Gasteiger partial charge in [0.1, 0.15) is 0 Å². The van der Waals surface area contributed by atoms with Crippen LogP contribution in [0.15, 0.2) is 12.4 Å². The first-order valence-corrected chi connectivity index (χ1v) is 8.42. The molecule has 0 aliphatic heterocycles. The van der Waals surface area contributed by atoms with Gasteiger partial charge in [-0.2, -0.15) is 0 Å². The molecule has 6 nitrogen and oxygen atoms in total. The third kappa shape index (κ3) is 2.94. The van der Waals surface area contributed by atoms with Gasteiger partial charge in [0, 0.05) is 17.3 Å². The maximum atomic E-state index is 11.3. The predicted molar refractivity (Wildman–Crippen MR) is 94.6 cm³/mol. The SMILES string of the molecule is Cc1cn2c(C=Cc3ncc(C(=O)O)c(C(C)C)n3)c(C)nc2s1. The van der Waals surface area contributed by atoms with Crippen LogP contribution in [0.4, 0.5) is 0 Å². The number of aryl methyl sites for hydroxylation is 2. The zero-order chi connectivity index (χ0) is 17.4. The highest BCUT2D eigenvalue weighted by Crippen LogP contribution is 2.22. The third-order valence-corrected chi connectivity index (χ3v) is 4.57. The Morgan fingerprint density at radius 2 is 2.04 bits per heavy atom. The zero-order valence-corrected chi connectivity index (χ0v) is 14.8. The van der Waals surface area contributed by atoms with Crippen molar-refractivity contribution in [1.29, 1.82) is 0 Å². The lowest BCUT2D eigenvalue weighted by Gasteiger charge is -2.08. The molecule has 0 unspecified atom stereocenters. The zero-order valence-electron chi connectivity index (χ0n) is 13.9. The molecule has 1 N–H and O–H groups in total. The summed E-state index contributed by atoms with van der Waals surface area (Å²) in [4.78, 5) is 26.5. The van der Waals surface area contributed by atoms with E-state index in [0.29, 0.717) is 11.5 Å². The number of carboxylic acids is 1. The van der Waals surface area contributed by atoms with E-state index in [1.807, 2.05) is 44.4 Å². The fraction of sp³-hybridized carbons (Fsp3) is 0.294. The van der Waals surface area contributed by atoms with Crippen molar-refractivity contribution in [3.05, 3.63) is 45.7 Å². The summed E-state index contributed by atoms with van der Waals surface area (Å²) in [6, 6.07) is 0. The van der Waals surface area contributed by atoms with Gasteiger partial charge in [0.2, 0.25) is 0 Å². The number of aromatic carboxylic acids is 1. The highest BCUT2D eigenvalue weighted by molar-refractivity contribution is 7.17. The van der Waals surface area contributed by atoms with Gasteiger partial charge in [-0.25, -0.2) is 19.7 Å². The maximum absolute atomic E-state index is 11.3. The molecular weight excluding hydrogens is 324 g/mol. The lowest BCUT2D eigenvalue weighted by molar-refractivity contribution is 0.0694. The molecule has 0 fully saturated rings. The van der Waals surface area contributed by atoms with Crippen molar-refractivity contribution in [1.82, 2.24) is 19.4 Å². The van der Waals surface area contributed by atoms with Gasteiger partial charge in [-0.3, -0.25) is 4.40 Å². The molecule has 3 rings (SSSR count). The van der Waals surface area contributed by atoms with E-state index in [9.17, 15) is 9.90 Å². The quantitative estimate of drug-likeness (QED) is 0.780. The normalized spacial score (nSPS) is 11.9. The first kappa shape index (κ1) is 16.3. The molecular formula is C17H18N4O2S. The molecule has 3 heterocycles. The Bertz CT molecular complexity index is 953. The molecule has 0 bridgehead atoms. The van der Waals surface area contributed by atoms with Crippen LogP contribution in [0.2, 0.25) is 0 Å². The third-order valence-electron chi connectivity index (χ3n) is 3.67. The van der Waals surface area contributed by atoms with Crippen LogP contribution in [-0.4, -0.2) is 30.4 Å². The van der Waals surface area contributed by atoms with Gasteiger partial charge >= 0.3 is 5.97 Å². The van der Waals surface area contributed by atoms with Gasteiger partial charge in [0.25, 0.3) is 0 Å². The highest BCUT2D eigenvalue weighted by Gasteiger charge is 2.15. The topological polar surface area (TPSA) is 80.4 Å². The molecule has 3 aromatic heterocycles. The highest BCUT2D eigenvalue weighted by atomic mass is 32.1. The minimum atomic E-state index is -1.00. The number of aromatic nitrogens is 4. The minimum absolute atomic E-state index is 0.00850. The van der Waals surface area contributed by atoms with Crippen LogP contribution in [0, 0.1) is 13.8 Å². The van der Waals surface area contributed by atoms with Crippen molar-refractivity contribution in [2.75, 3.05) is 0 Å². The Morgan fingerprint density at radius 3 is 2.71 bits per heavy atom. The van der Waals surface area contributed by atoms with Crippen LogP contribution >= 0.6 is 11.3 Å². The van der Waals surface area contributed by atoms with Gasteiger partial charge in [0.15, 0.2) is 10.8 Å². The first-order valence-electron chi connectivity index (χ1n) is 7.60. The number of hydrogen-bond donors (Lipinski definition) is 1. The van der Waals surface area contributed by atoms with Crippen LogP contribution < -0.4 is 0 Å². The monoisotopic (exact) mass is 342 g/mol. The molecule has 0 atom stereocenters. The van der Waals surface area contributed by atoms with Gasteiger partial charge in [-0.15, -0.1) is 11.3 Å². The molecule has 0 amide bonds. The van der Waals surface area contributed by atoms with Crippen molar-refractivity contribution < 1.29 is 9.90 Å². The lowest BCUT2D eigenvalue weighted by Crippen LogP contribution is -2.08. The Labute approximate surface area is 143 Å². The predicted octanol–water partition coefficient (Wildman–Crippen LogP) is 3.79. The van der Waals surface area contributed by atoms with E-state index >= 15 is 0 Å². The van der Waals surface area contributed by atoms with Crippen LogP contribution in [0.5, 0.6) is 0 Å². The van der Waals surface area contributed by atoms with E-state index in [0.717, 1.165) is 16.3 Å². The molecule has 0 spiro atoms. The molecule has 0 aromatic carbocycles. The number of fused-ring (bicyclic) bond motifs is 1. The summed E-state index contributed by atoms with van der Waals surface area (Å²) < 4.78 is 2.04. The fourth-order valence-electron chi connectivity index (χ4n) is 2.53. The Morgan fingerprint density at radius 1 is 1.29 bits per heavy atom. The second kappa shape index (κ2) is 6.16. The number of nitrogens with zero attached hydrogens (tertiary/aromatic N) is 4. The summed E-state index contributed by atoms with van der Waals surface area (Å²) >= 11 is 1.64. The molecule has 0 aliphatic rings. The summed E-state index contributed by atoms with van der Waals surface area (Å²) in [6.45, 7) is 7.84. The number of imidazole rings is 1. The molecule has 3 aromatic rings. The Kier molecular flexibility index (Phi) is 4.19. The maximum Gasteiger partial charge on any atom is 0.339 e. The van der Waals surface area contributed by atoms with E-state index in [2.05, 4.69) is 15.0 Å². The lowest BCUT2D eigenvalue weighted by atomic mass is 10.1. The van der Waals surface area contributed by atoms with Crippen molar-refractivity contribution in [2.45, 2.75) is 33.6 Å². The van der Waals surface area contributed by atoms with Crippen LogP contribution in [0.1, 0.15) is 57.9 Å². The average molecular weight is 342 g/mol. The number of hydrogen-bond acceptors (Lipinski definition) is 5. The van der Waals surface area contributed by atoms with Crippen molar-refractivity contribution in [3.63, 3.8) is 0 Å². The second-order valence-corrected chi connectivity index (χ2v) is 7.11. The first-order chi connectivity index (χ1) is 11.4. The summed E-state index contributed by atoms with van der Waals surface area (Å²) in [7, 11) is 0. The van der Waals surface area contributed by atoms with E-state index in [1.54, 1.807) is 17.4 Å². The van der Waals surface area contributed by atoms with Gasteiger partial charge in [0.05, 0.1) is 22.6 Å². The van der Waals surface area contributed by atoms with Crippen molar-refractivity contribution >= 4 is 34.4 Å². The van der Waals surface area contributed by atoms with Crippen LogP contribution in [-0.2, 0) is 0 Å². The second-order valence-electron chi connectivity index (χ2n) is 5.90.